The van der Waals surface area contributed by atoms with Gasteiger partial charge >= 0.3 is 0 Å². The van der Waals surface area contributed by atoms with E-state index in [4.69, 9.17) is 0 Å². The average molecular weight is 262 g/mol. The number of nitrogens with one attached hydrogen (secondary N) is 2. The van der Waals surface area contributed by atoms with Crippen molar-refractivity contribution in [1.29, 1.82) is 0 Å². The molecule has 1 saturated heterocycles. The topological polar surface area (TPSA) is 61.4 Å². The predicted molar refractivity (Wildman–Crippen MR) is 76.4 cm³/mol. The van der Waals surface area contributed by atoms with Gasteiger partial charge in [-0.25, -0.2) is 0 Å². The number of anilines is 1. The third-order valence-corrected chi connectivity index (χ3v) is 4.14. The van der Waals surface area contributed by atoms with Crippen LogP contribution in [0.15, 0.2) is 12.1 Å². The van der Waals surface area contributed by atoms with Crippen molar-refractivity contribution in [2.24, 2.45) is 5.41 Å². The number of aryl methyl sites for hydroxylation is 1. The number of carbonyl (C=O) groups is 1. The van der Waals surface area contributed by atoms with Gasteiger partial charge < -0.3 is 15.7 Å². The van der Waals surface area contributed by atoms with E-state index in [2.05, 4.69) is 10.6 Å². The van der Waals surface area contributed by atoms with Gasteiger partial charge in [0.1, 0.15) is 5.75 Å². The van der Waals surface area contributed by atoms with Crippen molar-refractivity contribution in [2.45, 2.75) is 33.6 Å². The zero-order valence-corrected chi connectivity index (χ0v) is 11.8. The molecular formula is C15H22N2O2. The lowest BCUT2D eigenvalue weighted by Crippen LogP contribution is -2.42. The van der Waals surface area contributed by atoms with Crippen LogP contribution in [0.5, 0.6) is 5.75 Å². The Labute approximate surface area is 114 Å². The van der Waals surface area contributed by atoms with E-state index in [9.17, 15) is 9.90 Å². The first-order valence-corrected chi connectivity index (χ1v) is 6.75. The van der Waals surface area contributed by atoms with Crippen LogP contribution in [-0.2, 0) is 4.79 Å². The van der Waals surface area contributed by atoms with E-state index in [0.29, 0.717) is 5.69 Å². The van der Waals surface area contributed by atoms with Gasteiger partial charge in [-0.2, -0.15) is 0 Å². The quantitative estimate of drug-likeness (QED) is 0.766. The molecule has 104 valence electrons. The third-order valence-electron chi connectivity index (χ3n) is 4.14. The molecular weight excluding hydrogens is 240 g/mol. The van der Waals surface area contributed by atoms with Crippen molar-refractivity contribution in [3.8, 4) is 5.75 Å². The third kappa shape index (κ3) is 2.73. The van der Waals surface area contributed by atoms with Crippen LogP contribution in [0.4, 0.5) is 5.69 Å². The second-order valence-electron chi connectivity index (χ2n) is 5.67. The monoisotopic (exact) mass is 262 g/mol. The number of carbonyl (C=O) groups excluding carboxylic acids is 1. The molecule has 4 nitrogen and oxygen atoms in total. The van der Waals surface area contributed by atoms with Crippen molar-refractivity contribution in [1.82, 2.24) is 5.32 Å². The maximum Gasteiger partial charge on any atom is 0.230 e. The van der Waals surface area contributed by atoms with Crippen molar-refractivity contribution in [3.63, 3.8) is 0 Å². The van der Waals surface area contributed by atoms with Crippen molar-refractivity contribution < 1.29 is 9.90 Å². The van der Waals surface area contributed by atoms with Gasteiger partial charge in [-0.05, 0) is 51.4 Å². The second kappa shape index (κ2) is 5.21. The van der Waals surface area contributed by atoms with Crippen LogP contribution in [-0.4, -0.2) is 24.1 Å². The average Bonchev–Trinajstić information content (AvgIpc) is 2.40. The molecule has 0 bridgehead atoms. The Kier molecular flexibility index (Phi) is 3.80. The van der Waals surface area contributed by atoms with Crippen LogP contribution in [0.25, 0.3) is 0 Å². The number of hydrogen-bond donors (Lipinski definition) is 3. The summed E-state index contributed by atoms with van der Waals surface area (Å²) in [5.41, 5.74) is 1.93. The van der Waals surface area contributed by atoms with E-state index in [0.717, 1.165) is 37.1 Å². The fraction of sp³-hybridized carbons (Fsp3) is 0.533. The SMILES string of the molecule is Cc1ccc(NC(=O)C2(C)CCNCC2)c(C)c1O. The highest BCUT2D eigenvalue weighted by molar-refractivity contribution is 5.96. The van der Waals surface area contributed by atoms with E-state index < -0.39 is 0 Å². The van der Waals surface area contributed by atoms with Crippen molar-refractivity contribution in [3.05, 3.63) is 23.3 Å². The van der Waals surface area contributed by atoms with Crippen molar-refractivity contribution >= 4 is 11.6 Å². The van der Waals surface area contributed by atoms with Crippen LogP contribution in [0.2, 0.25) is 0 Å². The first-order chi connectivity index (χ1) is 8.94. The summed E-state index contributed by atoms with van der Waals surface area (Å²) in [7, 11) is 0. The highest BCUT2D eigenvalue weighted by atomic mass is 16.3. The molecule has 0 aromatic heterocycles. The normalized spacial score (nSPS) is 18.1. The molecule has 0 aliphatic carbocycles. The molecule has 0 spiro atoms. The number of amides is 1. The summed E-state index contributed by atoms with van der Waals surface area (Å²) in [5, 5.41) is 16.1. The molecule has 0 radical (unpaired) electrons. The highest BCUT2D eigenvalue weighted by Gasteiger charge is 2.34. The molecule has 1 fully saturated rings. The Balaban J connectivity index is 2.17. The number of benzene rings is 1. The van der Waals surface area contributed by atoms with E-state index in [1.807, 2.05) is 32.9 Å². The molecule has 3 N–H and O–H groups in total. The summed E-state index contributed by atoms with van der Waals surface area (Å²) < 4.78 is 0. The summed E-state index contributed by atoms with van der Waals surface area (Å²) >= 11 is 0. The predicted octanol–water partition coefficient (Wildman–Crippen LogP) is 2.34. The van der Waals surface area contributed by atoms with Gasteiger partial charge in [0.15, 0.2) is 0 Å². The van der Waals surface area contributed by atoms with Gasteiger partial charge in [-0.3, -0.25) is 4.79 Å². The molecule has 0 atom stereocenters. The maximum atomic E-state index is 12.4. The Morgan fingerprint density at radius 2 is 1.95 bits per heavy atom. The summed E-state index contributed by atoms with van der Waals surface area (Å²) in [4.78, 5) is 12.4. The summed E-state index contributed by atoms with van der Waals surface area (Å²) in [5.74, 6) is 0.300. The van der Waals surface area contributed by atoms with Gasteiger partial charge in [0.05, 0.1) is 0 Å². The van der Waals surface area contributed by atoms with Crippen molar-refractivity contribution in [2.75, 3.05) is 18.4 Å². The fourth-order valence-corrected chi connectivity index (χ4v) is 2.45. The summed E-state index contributed by atoms with van der Waals surface area (Å²) in [6.45, 7) is 7.43. The van der Waals surface area contributed by atoms with E-state index in [-0.39, 0.29) is 17.1 Å². The standard InChI is InChI=1S/C15H22N2O2/c1-10-4-5-12(11(2)13(10)18)17-14(19)15(3)6-8-16-9-7-15/h4-5,16,18H,6-9H2,1-3H3,(H,17,19). The molecule has 1 aliphatic heterocycles. The number of aromatic hydroxyl groups is 1. The molecule has 1 amide bonds. The Morgan fingerprint density at radius 3 is 2.58 bits per heavy atom. The first-order valence-electron chi connectivity index (χ1n) is 6.75. The molecule has 1 aromatic rings. The lowest BCUT2D eigenvalue weighted by atomic mass is 9.80. The minimum atomic E-state index is -0.321. The van der Waals surface area contributed by atoms with E-state index in [1.54, 1.807) is 0 Å². The van der Waals surface area contributed by atoms with E-state index >= 15 is 0 Å². The smallest absolute Gasteiger partial charge is 0.230 e. The number of rotatable bonds is 2. The summed E-state index contributed by atoms with van der Waals surface area (Å²) in [6.07, 6.45) is 1.69. The molecule has 1 heterocycles. The first kappa shape index (κ1) is 13.9. The molecule has 2 rings (SSSR count). The Hall–Kier alpha value is -1.55. The highest BCUT2D eigenvalue weighted by Crippen LogP contribution is 2.32. The van der Waals surface area contributed by atoms with Gasteiger partial charge in [0, 0.05) is 16.7 Å². The minimum Gasteiger partial charge on any atom is -0.507 e. The minimum absolute atomic E-state index is 0.0420. The Bertz CT molecular complexity index is 491. The summed E-state index contributed by atoms with van der Waals surface area (Å²) in [6, 6.07) is 3.68. The van der Waals surface area contributed by atoms with Crippen LogP contribution >= 0.6 is 0 Å². The fourth-order valence-electron chi connectivity index (χ4n) is 2.45. The largest absolute Gasteiger partial charge is 0.507 e. The van der Waals surface area contributed by atoms with E-state index in [1.165, 1.54) is 0 Å². The zero-order valence-electron chi connectivity index (χ0n) is 11.8. The number of piperidine rings is 1. The van der Waals surface area contributed by atoms with Gasteiger partial charge in [-0.15, -0.1) is 0 Å². The molecule has 1 aromatic carbocycles. The molecule has 0 unspecified atom stereocenters. The maximum absolute atomic E-state index is 12.4. The van der Waals surface area contributed by atoms with Crippen LogP contribution in [0, 0.1) is 19.3 Å². The second-order valence-corrected chi connectivity index (χ2v) is 5.67. The van der Waals surface area contributed by atoms with Crippen LogP contribution in [0.3, 0.4) is 0 Å². The zero-order chi connectivity index (χ0) is 14.0. The van der Waals surface area contributed by atoms with Gasteiger partial charge in [0.25, 0.3) is 0 Å². The number of hydrogen-bond acceptors (Lipinski definition) is 3. The molecule has 4 heteroatoms. The van der Waals surface area contributed by atoms with Crippen LogP contribution in [0.1, 0.15) is 30.9 Å². The number of phenols is 1. The molecule has 1 aliphatic rings. The lowest BCUT2D eigenvalue weighted by molar-refractivity contribution is -0.126. The molecule has 0 saturated carbocycles. The van der Waals surface area contributed by atoms with Gasteiger partial charge in [0.2, 0.25) is 5.91 Å². The van der Waals surface area contributed by atoms with Crippen LogP contribution < -0.4 is 10.6 Å². The van der Waals surface area contributed by atoms with Gasteiger partial charge in [-0.1, -0.05) is 13.0 Å². The number of phenolic OH excluding ortho intramolecular Hbond substituents is 1. The Morgan fingerprint density at radius 1 is 1.32 bits per heavy atom. The lowest BCUT2D eigenvalue weighted by Gasteiger charge is -2.32. The molecule has 19 heavy (non-hydrogen) atoms.